The molecule has 5 heteroatoms. The molecule has 1 aliphatic rings. The predicted molar refractivity (Wildman–Crippen MR) is 77.4 cm³/mol. The first kappa shape index (κ1) is 13.1. The van der Waals surface area contributed by atoms with Crippen molar-refractivity contribution in [3.63, 3.8) is 0 Å². The largest absolute Gasteiger partial charge is 0.296 e. The van der Waals surface area contributed by atoms with Crippen LogP contribution in [0.2, 0.25) is 0 Å². The van der Waals surface area contributed by atoms with E-state index < -0.39 is 0 Å². The van der Waals surface area contributed by atoms with Gasteiger partial charge in [-0.1, -0.05) is 36.4 Å². The van der Waals surface area contributed by atoms with Crippen LogP contribution >= 0.6 is 0 Å². The van der Waals surface area contributed by atoms with Crippen molar-refractivity contribution in [2.24, 2.45) is 4.99 Å². The number of carbonyl (C=O) groups excluding carboxylic acids is 2. The lowest BCUT2D eigenvalue weighted by Gasteiger charge is -2.09. The summed E-state index contributed by atoms with van der Waals surface area (Å²) in [5, 5.41) is 1.29. The number of hydrogen-bond acceptors (Lipinski definition) is 3. The number of hydrazine groups is 1. The van der Waals surface area contributed by atoms with Gasteiger partial charge >= 0.3 is 0 Å². The van der Waals surface area contributed by atoms with Crippen LogP contribution in [0.4, 0.5) is 0 Å². The SMILES string of the molecule is Cc1ccccc1C(=O)NNC1=c2ccccc2=NC1=O. The Morgan fingerprint density at radius 2 is 1.76 bits per heavy atom. The number of carbonyl (C=O) groups is 2. The van der Waals surface area contributed by atoms with Crippen LogP contribution in [0, 0.1) is 6.92 Å². The fourth-order valence-corrected chi connectivity index (χ4v) is 2.20. The quantitative estimate of drug-likeness (QED) is 0.788. The highest BCUT2D eigenvalue weighted by molar-refractivity contribution is 6.14. The second kappa shape index (κ2) is 5.20. The topological polar surface area (TPSA) is 70.6 Å². The number of nitrogens with zero attached hydrogens (tertiary/aromatic N) is 1. The van der Waals surface area contributed by atoms with E-state index in [2.05, 4.69) is 15.8 Å². The lowest BCUT2D eigenvalue weighted by Crippen LogP contribution is -2.40. The van der Waals surface area contributed by atoms with Crippen LogP contribution in [-0.2, 0) is 4.79 Å². The van der Waals surface area contributed by atoms with Crippen LogP contribution < -0.4 is 21.4 Å². The normalized spacial score (nSPS) is 12.6. The minimum absolute atomic E-state index is 0.285. The highest BCUT2D eigenvalue weighted by Gasteiger charge is 2.17. The van der Waals surface area contributed by atoms with Crippen molar-refractivity contribution < 1.29 is 9.59 Å². The summed E-state index contributed by atoms with van der Waals surface area (Å²) in [5.74, 6) is -0.681. The molecule has 0 spiro atoms. The lowest BCUT2D eigenvalue weighted by molar-refractivity contribution is -0.113. The van der Waals surface area contributed by atoms with Crippen molar-refractivity contribution in [1.29, 1.82) is 0 Å². The van der Waals surface area contributed by atoms with Gasteiger partial charge in [-0.05, 0) is 24.6 Å². The molecule has 2 amide bonds. The summed E-state index contributed by atoms with van der Waals surface area (Å²) in [6.45, 7) is 1.85. The second-order valence-corrected chi connectivity index (χ2v) is 4.70. The third-order valence-corrected chi connectivity index (χ3v) is 3.30. The van der Waals surface area contributed by atoms with Crippen molar-refractivity contribution in [3.8, 4) is 0 Å². The van der Waals surface area contributed by atoms with Crippen molar-refractivity contribution in [2.45, 2.75) is 6.92 Å². The Balaban J connectivity index is 1.84. The summed E-state index contributed by atoms with van der Waals surface area (Å²) < 4.78 is 0. The van der Waals surface area contributed by atoms with E-state index in [1.165, 1.54) is 0 Å². The van der Waals surface area contributed by atoms with Gasteiger partial charge in [-0.25, -0.2) is 4.99 Å². The van der Waals surface area contributed by atoms with Crippen LogP contribution in [0.15, 0.2) is 53.5 Å². The first-order valence-corrected chi connectivity index (χ1v) is 6.51. The Morgan fingerprint density at radius 3 is 2.57 bits per heavy atom. The Bertz CT molecular complexity index is 856. The van der Waals surface area contributed by atoms with Gasteiger partial charge in [0.2, 0.25) is 0 Å². The predicted octanol–water partition coefficient (Wildman–Crippen LogP) is 0.198. The van der Waals surface area contributed by atoms with Gasteiger partial charge in [-0.3, -0.25) is 20.4 Å². The van der Waals surface area contributed by atoms with Gasteiger partial charge in [-0.2, -0.15) is 0 Å². The summed E-state index contributed by atoms with van der Waals surface area (Å²) in [5.41, 5.74) is 6.94. The molecule has 0 unspecified atom stereocenters. The molecular weight excluding hydrogens is 266 g/mol. The van der Waals surface area contributed by atoms with Crippen LogP contribution in [-0.4, -0.2) is 11.8 Å². The Labute approximate surface area is 121 Å². The Kier molecular flexibility index (Phi) is 3.23. The van der Waals surface area contributed by atoms with Gasteiger partial charge in [0.05, 0.1) is 5.36 Å². The molecule has 0 atom stereocenters. The minimum atomic E-state index is -0.388. The molecule has 1 aliphatic heterocycles. The third-order valence-electron chi connectivity index (χ3n) is 3.30. The molecule has 1 heterocycles. The molecule has 2 aromatic carbocycles. The lowest BCUT2D eigenvalue weighted by atomic mass is 10.1. The maximum Gasteiger partial charge on any atom is 0.296 e. The Morgan fingerprint density at radius 1 is 1.05 bits per heavy atom. The molecule has 3 rings (SSSR count). The van der Waals surface area contributed by atoms with Crippen LogP contribution in [0.5, 0.6) is 0 Å². The molecule has 2 aromatic rings. The van der Waals surface area contributed by atoms with Gasteiger partial charge in [-0.15, -0.1) is 0 Å². The zero-order valence-electron chi connectivity index (χ0n) is 11.4. The van der Waals surface area contributed by atoms with Gasteiger partial charge in [0.15, 0.2) is 0 Å². The molecule has 0 aromatic heterocycles. The highest BCUT2D eigenvalue weighted by Crippen LogP contribution is 2.06. The summed E-state index contributed by atoms with van der Waals surface area (Å²) in [6, 6.07) is 14.4. The summed E-state index contributed by atoms with van der Waals surface area (Å²) in [6.07, 6.45) is 0. The molecule has 0 aliphatic carbocycles. The van der Waals surface area contributed by atoms with Crippen LogP contribution in [0.1, 0.15) is 15.9 Å². The molecule has 0 saturated heterocycles. The molecule has 21 heavy (non-hydrogen) atoms. The number of fused-ring (bicyclic) bond motifs is 1. The first-order chi connectivity index (χ1) is 10.2. The number of para-hydroxylation sites is 1. The molecule has 5 nitrogen and oxygen atoms in total. The van der Waals surface area contributed by atoms with Crippen molar-refractivity contribution >= 4 is 17.5 Å². The van der Waals surface area contributed by atoms with E-state index in [1.807, 2.05) is 31.2 Å². The highest BCUT2D eigenvalue weighted by atomic mass is 16.2. The van der Waals surface area contributed by atoms with Crippen molar-refractivity contribution in [2.75, 3.05) is 0 Å². The van der Waals surface area contributed by atoms with E-state index in [9.17, 15) is 9.59 Å². The van der Waals surface area contributed by atoms with E-state index in [4.69, 9.17) is 0 Å². The van der Waals surface area contributed by atoms with E-state index in [0.29, 0.717) is 16.1 Å². The second-order valence-electron chi connectivity index (χ2n) is 4.70. The maximum absolute atomic E-state index is 12.1. The van der Waals surface area contributed by atoms with E-state index in [1.54, 1.807) is 24.3 Å². The number of benzene rings is 2. The summed E-state index contributed by atoms with van der Waals surface area (Å²) >= 11 is 0. The molecule has 0 radical (unpaired) electrons. The summed E-state index contributed by atoms with van der Waals surface area (Å²) in [4.78, 5) is 27.9. The number of nitrogens with one attached hydrogen (secondary N) is 2. The average molecular weight is 279 g/mol. The molecule has 0 bridgehead atoms. The van der Waals surface area contributed by atoms with Crippen LogP contribution in [0.3, 0.4) is 0 Å². The van der Waals surface area contributed by atoms with E-state index in [0.717, 1.165) is 5.56 Å². The van der Waals surface area contributed by atoms with E-state index >= 15 is 0 Å². The number of aryl methyl sites for hydroxylation is 1. The zero-order chi connectivity index (χ0) is 14.8. The zero-order valence-corrected chi connectivity index (χ0v) is 11.4. The minimum Gasteiger partial charge on any atom is -0.292 e. The fourth-order valence-electron chi connectivity index (χ4n) is 2.20. The van der Waals surface area contributed by atoms with Gasteiger partial charge < -0.3 is 0 Å². The molecule has 0 fully saturated rings. The molecule has 0 saturated carbocycles. The van der Waals surface area contributed by atoms with E-state index in [-0.39, 0.29) is 17.5 Å². The number of hydrogen-bond donors (Lipinski definition) is 2. The van der Waals surface area contributed by atoms with Crippen molar-refractivity contribution in [1.82, 2.24) is 10.9 Å². The van der Waals surface area contributed by atoms with Crippen molar-refractivity contribution in [3.05, 3.63) is 70.2 Å². The molecule has 104 valence electrons. The monoisotopic (exact) mass is 279 g/mol. The standard InChI is InChI=1S/C16H13N3O2/c1-10-6-2-3-7-11(10)15(20)19-18-14-12-8-4-5-9-13(12)17-16(14)21/h2-9H,1H3,(H,19,20)(H,17,18,21). The summed E-state index contributed by atoms with van der Waals surface area (Å²) in [7, 11) is 0. The first-order valence-electron chi connectivity index (χ1n) is 6.51. The fraction of sp³-hybridized carbons (Fsp3) is 0.0625. The number of rotatable bonds is 3. The van der Waals surface area contributed by atoms with Gasteiger partial charge in [0, 0.05) is 10.8 Å². The average Bonchev–Trinajstić information content (AvgIpc) is 2.81. The Hall–Kier alpha value is -2.95. The molecular formula is C16H13N3O2. The smallest absolute Gasteiger partial charge is 0.292 e. The van der Waals surface area contributed by atoms with Gasteiger partial charge in [0.25, 0.3) is 11.8 Å². The van der Waals surface area contributed by atoms with Crippen LogP contribution in [0.25, 0.3) is 5.70 Å². The third kappa shape index (κ3) is 2.41. The maximum atomic E-state index is 12.1. The number of amides is 2. The van der Waals surface area contributed by atoms with Gasteiger partial charge in [0.1, 0.15) is 5.70 Å². The molecule has 2 N–H and O–H groups in total.